The molecule has 4 aromatic rings. The number of hydrogen-bond acceptors (Lipinski definition) is 4. The van der Waals surface area contributed by atoms with Crippen LogP contribution in [0.5, 0.6) is 0 Å². The van der Waals surface area contributed by atoms with E-state index in [1.54, 1.807) is 24.4 Å². The molecule has 2 unspecified atom stereocenters. The highest BCUT2D eigenvalue weighted by Crippen LogP contribution is 2.30. The molecule has 9 heteroatoms. The Morgan fingerprint density at radius 2 is 1.75 bits per heavy atom. The Bertz CT molecular complexity index is 1480. The fraction of sp³-hybridized carbons (Fsp3) is 0.226. The molecule has 0 aliphatic heterocycles. The number of hydrogen-bond donors (Lipinski definition) is 4. The van der Waals surface area contributed by atoms with Gasteiger partial charge in [-0.05, 0) is 66.1 Å². The van der Waals surface area contributed by atoms with Gasteiger partial charge >= 0.3 is 5.97 Å². The lowest BCUT2D eigenvalue weighted by Crippen LogP contribution is -2.41. The number of benzene rings is 3. The molecule has 0 aliphatic carbocycles. The topological polar surface area (TPSA) is 138 Å². The van der Waals surface area contributed by atoms with Gasteiger partial charge in [0.15, 0.2) is 0 Å². The largest absolute Gasteiger partial charge is 0.480 e. The van der Waals surface area contributed by atoms with Gasteiger partial charge in [-0.3, -0.25) is 9.59 Å². The highest BCUT2D eigenvalue weighted by Gasteiger charge is 2.24. The number of carbonyl (C=O) groups is 3. The van der Waals surface area contributed by atoms with Crippen molar-refractivity contribution in [2.45, 2.75) is 44.6 Å². The van der Waals surface area contributed by atoms with Crippen molar-refractivity contribution in [3.8, 4) is 11.1 Å². The number of aromatic nitrogens is 2. The molecule has 3 aromatic carbocycles. The Labute approximate surface area is 231 Å². The van der Waals surface area contributed by atoms with Gasteiger partial charge in [-0.2, -0.15) is 0 Å². The molecule has 0 aliphatic rings. The molecule has 40 heavy (non-hydrogen) atoms. The van der Waals surface area contributed by atoms with E-state index < -0.39 is 23.8 Å². The van der Waals surface area contributed by atoms with Gasteiger partial charge in [0.25, 0.3) is 5.91 Å². The number of aromatic amines is 1. The van der Waals surface area contributed by atoms with Crippen molar-refractivity contribution in [1.82, 2.24) is 15.3 Å². The Morgan fingerprint density at radius 3 is 2.38 bits per heavy atom. The first-order valence-corrected chi connectivity index (χ1v) is 13.0. The number of primary amides is 1. The highest BCUT2D eigenvalue weighted by molar-refractivity contribution is 6.02. The number of H-pyrrole nitrogens is 1. The average molecular weight is 543 g/mol. The van der Waals surface area contributed by atoms with Gasteiger partial charge in [0.2, 0.25) is 5.91 Å². The lowest BCUT2D eigenvalue weighted by Gasteiger charge is -2.19. The maximum atomic E-state index is 13.7. The van der Waals surface area contributed by atoms with Crippen LogP contribution in [0.2, 0.25) is 0 Å². The standard InChI is InChI=1S/C31H31FN4O4/c1-19-18-34-29(35-19)17-23(21-8-10-24(32)11-9-21)15-20-7-12-25(26(16-20)22-5-3-2-4-6-22)30(38)36-27(31(39)40)13-14-28(33)37/h2-12,16,18,23,27H,13-15,17H2,1H3,(H2,33,37)(H,34,35)(H,36,38)(H,39,40). The third kappa shape index (κ3) is 7.41. The van der Waals surface area contributed by atoms with Crippen molar-refractivity contribution in [2.75, 3.05) is 0 Å². The number of amides is 2. The lowest BCUT2D eigenvalue weighted by molar-refractivity contribution is -0.139. The number of nitrogens with zero attached hydrogens (tertiary/aromatic N) is 1. The molecule has 1 heterocycles. The van der Waals surface area contributed by atoms with Crippen molar-refractivity contribution in [3.05, 3.63) is 113 Å². The smallest absolute Gasteiger partial charge is 0.326 e. The van der Waals surface area contributed by atoms with E-state index in [0.717, 1.165) is 28.2 Å². The summed E-state index contributed by atoms with van der Waals surface area (Å²) in [6.07, 6.45) is 2.68. The number of carboxylic acids is 1. The third-order valence-electron chi connectivity index (χ3n) is 6.71. The van der Waals surface area contributed by atoms with Crippen LogP contribution in [0.4, 0.5) is 4.39 Å². The minimum Gasteiger partial charge on any atom is -0.480 e. The van der Waals surface area contributed by atoms with E-state index in [1.165, 1.54) is 12.1 Å². The number of nitrogens with two attached hydrogens (primary N) is 1. The molecule has 1 aromatic heterocycles. The van der Waals surface area contributed by atoms with Gasteiger partial charge in [0.1, 0.15) is 17.7 Å². The maximum Gasteiger partial charge on any atom is 0.326 e. The van der Waals surface area contributed by atoms with E-state index in [0.29, 0.717) is 24.0 Å². The molecule has 2 atom stereocenters. The van der Waals surface area contributed by atoms with Crippen molar-refractivity contribution < 1.29 is 23.9 Å². The van der Waals surface area contributed by atoms with Crippen molar-refractivity contribution in [1.29, 1.82) is 0 Å². The predicted molar refractivity (Wildman–Crippen MR) is 149 cm³/mol. The summed E-state index contributed by atoms with van der Waals surface area (Å²) in [4.78, 5) is 43.9. The second-order valence-electron chi connectivity index (χ2n) is 9.78. The van der Waals surface area contributed by atoms with Crippen LogP contribution in [0.3, 0.4) is 0 Å². The van der Waals surface area contributed by atoms with Gasteiger partial charge in [-0.1, -0.05) is 54.6 Å². The fourth-order valence-electron chi connectivity index (χ4n) is 4.68. The van der Waals surface area contributed by atoms with Crippen molar-refractivity contribution in [2.24, 2.45) is 5.73 Å². The van der Waals surface area contributed by atoms with Crippen LogP contribution in [0, 0.1) is 12.7 Å². The van der Waals surface area contributed by atoms with Crippen LogP contribution in [-0.4, -0.2) is 38.9 Å². The van der Waals surface area contributed by atoms with Crippen LogP contribution in [0.15, 0.2) is 79.0 Å². The monoisotopic (exact) mass is 542 g/mol. The highest BCUT2D eigenvalue weighted by atomic mass is 19.1. The SMILES string of the molecule is Cc1cnc(CC(Cc2ccc(C(=O)NC(CCC(N)=O)C(=O)O)c(-c3ccccc3)c2)c2ccc(F)cc2)[nH]1. The summed E-state index contributed by atoms with van der Waals surface area (Å²) in [7, 11) is 0. The molecule has 0 fully saturated rings. The molecule has 0 saturated carbocycles. The van der Waals surface area contributed by atoms with E-state index in [4.69, 9.17) is 5.73 Å². The number of rotatable bonds is 12. The van der Waals surface area contributed by atoms with Gasteiger partial charge in [-0.15, -0.1) is 0 Å². The summed E-state index contributed by atoms with van der Waals surface area (Å²) in [5, 5.41) is 12.1. The molecular formula is C31H31FN4O4. The number of aliphatic carboxylic acids is 1. The van der Waals surface area contributed by atoms with Gasteiger partial charge in [-0.25, -0.2) is 14.2 Å². The minimum absolute atomic E-state index is 0.0281. The Hall–Kier alpha value is -4.79. The van der Waals surface area contributed by atoms with Gasteiger partial charge in [0.05, 0.1) is 0 Å². The molecule has 0 spiro atoms. The molecule has 8 nitrogen and oxygen atoms in total. The van der Waals surface area contributed by atoms with E-state index >= 15 is 0 Å². The zero-order valence-corrected chi connectivity index (χ0v) is 22.1. The Morgan fingerprint density at radius 1 is 1.02 bits per heavy atom. The second-order valence-corrected chi connectivity index (χ2v) is 9.78. The molecule has 0 radical (unpaired) electrons. The Kier molecular flexibility index (Phi) is 9.06. The van der Waals surface area contributed by atoms with E-state index in [1.807, 2.05) is 49.4 Å². The molecule has 4 rings (SSSR count). The summed E-state index contributed by atoms with van der Waals surface area (Å²) >= 11 is 0. The Balaban J connectivity index is 1.67. The van der Waals surface area contributed by atoms with Crippen molar-refractivity contribution in [3.63, 3.8) is 0 Å². The summed E-state index contributed by atoms with van der Waals surface area (Å²) in [5.74, 6) is -1.98. The van der Waals surface area contributed by atoms with Gasteiger partial charge < -0.3 is 21.1 Å². The van der Waals surface area contributed by atoms with Crippen LogP contribution >= 0.6 is 0 Å². The number of halogens is 1. The second kappa shape index (κ2) is 12.8. The summed E-state index contributed by atoms with van der Waals surface area (Å²) < 4.78 is 13.7. The molecular weight excluding hydrogens is 511 g/mol. The third-order valence-corrected chi connectivity index (χ3v) is 6.71. The minimum atomic E-state index is -1.26. The average Bonchev–Trinajstić information content (AvgIpc) is 3.35. The predicted octanol–water partition coefficient (Wildman–Crippen LogP) is 4.54. The van der Waals surface area contributed by atoms with Gasteiger partial charge in [0, 0.05) is 30.3 Å². The quantitative estimate of drug-likeness (QED) is 0.208. The zero-order chi connectivity index (χ0) is 28.6. The number of imidazole rings is 1. The summed E-state index contributed by atoms with van der Waals surface area (Å²) in [6, 6.07) is 19.9. The first kappa shape index (κ1) is 28.2. The van der Waals surface area contributed by atoms with Crippen LogP contribution in [-0.2, 0) is 22.4 Å². The van der Waals surface area contributed by atoms with Crippen LogP contribution in [0.25, 0.3) is 11.1 Å². The van der Waals surface area contributed by atoms with E-state index in [9.17, 15) is 23.9 Å². The molecule has 2 amide bonds. The molecule has 0 bridgehead atoms. The first-order chi connectivity index (χ1) is 19.2. The number of nitrogens with one attached hydrogen (secondary N) is 2. The summed E-state index contributed by atoms with van der Waals surface area (Å²) in [5.41, 5.74) is 9.75. The van der Waals surface area contributed by atoms with Crippen LogP contribution < -0.4 is 11.1 Å². The fourth-order valence-corrected chi connectivity index (χ4v) is 4.68. The van der Waals surface area contributed by atoms with E-state index in [-0.39, 0.29) is 24.6 Å². The maximum absolute atomic E-state index is 13.7. The van der Waals surface area contributed by atoms with Crippen LogP contribution in [0.1, 0.15) is 51.8 Å². The zero-order valence-electron chi connectivity index (χ0n) is 22.1. The molecule has 206 valence electrons. The number of carboxylic acid groups (broad SMARTS) is 1. The molecule has 0 saturated heterocycles. The lowest BCUT2D eigenvalue weighted by atomic mass is 9.87. The normalized spacial score (nSPS) is 12.4. The van der Waals surface area contributed by atoms with Crippen molar-refractivity contribution >= 4 is 17.8 Å². The first-order valence-electron chi connectivity index (χ1n) is 13.0. The number of aryl methyl sites for hydroxylation is 1. The molecule has 5 N–H and O–H groups in total. The summed E-state index contributed by atoms with van der Waals surface area (Å²) in [6.45, 7) is 1.93. The van der Waals surface area contributed by atoms with E-state index in [2.05, 4.69) is 15.3 Å². The number of carbonyl (C=O) groups excluding carboxylic acids is 2.